The highest BCUT2D eigenvalue weighted by molar-refractivity contribution is 6.29. The Morgan fingerprint density at radius 2 is 2.21 bits per heavy atom. The van der Waals surface area contributed by atoms with Crippen molar-refractivity contribution < 1.29 is 4.79 Å². The molecule has 0 radical (unpaired) electrons. The number of amides is 1. The largest absolute Gasteiger partial charge is 0.350 e. The third-order valence-electron chi connectivity index (χ3n) is 2.59. The Kier molecular flexibility index (Phi) is 6.01. The van der Waals surface area contributed by atoms with E-state index in [0.29, 0.717) is 11.4 Å². The number of pyridine rings is 1. The summed E-state index contributed by atoms with van der Waals surface area (Å²) < 4.78 is 0. The molecule has 1 atom stereocenters. The van der Waals surface area contributed by atoms with Crippen molar-refractivity contribution in [2.45, 2.75) is 19.4 Å². The lowest BCUT2D eigenvalue weighted by atomic mass is 10.2. The first kappa shape index (κ1) is 15.7. The summed E-state index contributed by atoms with van der Waals surface area (Å²) in [5.74, 6) is 5.43. The summed E-state index contributed by atoms with van der Waals surface area (Å²) in [5, 5.41) is 3.13. The number of nitrogens with zero attached hydrogens (tertiary/aromatic N) is 2. The van der Waals surface area contributed by atoms with E-state index in [2.05, 4.69) is 20.6 Å². The molecule has 0 aliphatic carbocycles. The van der Waals surface area contributed by atoms with Crippen LogP contribution in [0.3, 0.4) is 0 Å². The molecular formula is C12H20ClN5O. The van der Waals surface area contributed by atoms with Crippen LogP contribution in [0.1, 0.15) is 23.7 Å². The predicted octanol–water partition coefficient (Wildman–Crippen LogP) is 1.09. The molecule has 0 aliphatic rings. The van der Waals surface area contributed by atoms with Crippen molar-refractivity contribution in [3.05, 3.63) is 22.8 Å². The summed E-state index contributed by atoms with van der Waals surface area (Å²) in [6.45, 7) is 2.88. The van der Waals surface area contributed by atoms with E-state index in [4.69, 9.17) is 17.4 Å². The van der Waals surface area contributed by atoms with Gasteiger partial charge in [-0.25, -0.2) is 10.8 Å². The highest BCUT2D eigenvalue weighted by Crippen LogP contribution is 2.14. The average Bonchev–Trinajstić information content (AvgIpc) is 2.35. The lowest BCUT2D eigenvalue weighted by molar-refractivity contribution is 0.0936. The van der Waals surface area contributed by atoms with Gasteiger partial charge in [-0.2, -0.15) is 0 Å². The molecule has 0 bridgehead atoms. The maximum Gasteiger partial charge on any atom is 0.251 e. The molecule has 1 aromatic rings. The highest BCUT2D eigenvalue weighted by Gasteiger charge is 2.12. The topological polar surface area (TPSA) is 83.3 Å². The number of hydrogen-bond donors (Lipinski definition) is 3. The number of carbonyl (C=O) groups is 1. The van der Waals surface area contributed by atoms with Gasteiger partial charge in [0.05, 0.1) is 0 Å². The zero-order chi connectivity index (χ0) is 14.4. The number of carbonyl (C=O) groups excluding carboxylic acids is 1. The Hall–Kier alpha value is -1.37. The molecular weight excluding hydrogens is 266 g/mol. The first-order valence-corrected chi connectivity index (χ1v) is 6.40. The van der Waals surface area contributed by atoms with Gasteiger partial charge in [-0.3, -0.25) is 4.79 Å². The van der Waals surface area contributed by atoms with Crippen molar-refractivity contribution >= 4 is 23.3 Å². The van der Waals surface area contributed by atoms with Crippen LogP contribution in [-0.4, -0.2) is 42.5 Å². The molecule has 0 fully saturated rings. The van der Waals surface area contributed by atoms with Gasteiger partial charge in [0.1, 0.15) is 11.0 Å². The summed E-state index contributed by atoms with van der Waals surface area (Å²) in [6.07, 6.45) is 0.875. The van der Waals surface area contributed by atoms with Crippen LogP contribution in [0.15, 0.2) is 12.1 Å². The maximum atomic E-state index is 12.0. The van der Waals surface area contributed by atoms with Gasteiger partial charge in [0.25, 0.3) is 5.91 Å². The Balaban J connectivity index is 2.64. The zero-order valence-electron chi connectivity index (χ0n) is 11.4. The van der Waals surface area contributed by atoms with Gasteiger partial charge < -0.3 is 15.6 Å². The van der Waals surface area contributed by atoms with Crippen LogP contribution in [0.4, 0.5) is 5.82 Å². The second-order valence-corrected chi connectivity index (χ2v) is 5.06. The molecule has 4 N–H and O–H groups in total. The molecule has 1 unspecified atom stereocenters. The first-order valence-electron chi connectivity index (χ1n) is 6.02. The van der Waals surface area contributed by atoms with Gasteiger partial charge in [-0.15, -0.1) is 0 Å². The highest BCUT2D eigenvalue weighted by atomic mass is 35.5. The van der Waals surface area contributed by atoms with Crippen LogP contribution < -0.4 is 16.6 Å². The lowest BCUT2D eigenvalue weighted by Crippen LogP contribution is -2.34. The quantitative estimate of drug-likeness (QED) is 0.414. The molecule has 0 aliphatic heterocycles. The summed E-state index contributed by atoms with van der Waals surface area (Å²) >= 11 is 5.82. The molecule has 19 heavy (non-hydrogen) atoms. The molecule has 0 saturated heterocycles. The number of hydrazine groups is 1. The molecule has 1 aromatic heterocycles. The van der Waals surface area contributed by atoms with E-state index in [1.54, 1.807) is 6.07 Å². The normalized spacial score (nSPS) is 12.3. The Labute approximate surface area is 118 Å². The van der Waals surface area contributed by atoms with Gasteiger partial charge >= 0.3 is 0 Å². The fraction of sp³-hybridized carbons (Fsp3) is 0.500. The van der Waals surface area contributed by atoms with E-state index in [1.165, 1.54) is 6.07 Å². The Morgan fingerprint density at radius 3 is 2.79 bits per heavy atom. The van der Waals surface area contributed by atoms with Crippen LogP contribution >= 0.6 is 11.6 Å². The number of nitrogen functional groups attached to an aromatic ring is 1. The lowest BCUT2D eigenvalue weighted by Gasteiger charge is -2.17. The summed E-state index contributed by atoms with van der Waals surface area (Å²) in [6, 6.07) is 3.15. The van der Waals surface area contributed by atoms with Gasteiger partial charge in [-0.05, 0) is 46.1 Å². The predicted molar refractivity (Wildman–Crippen MR) is 77.2 cm³/mol. The van der Waals surface area contributed by atoms with Crippen molar-refractivity contribution in [1.29, 1.82) is 0 Å². The molecule has 0 spiro atoms. The van der Waals surface area contributed by atoms with Gasteiger partial charge in [0.15, 0.2) is 0 Å². The van der Waals surface area contributed by atoms with Crippen LogP contribution in [0.25, 0.3) is 0 Å². The fourth-order valence-electron chi connectivity index (χ4n) is 1.53. The number of nitrogens with one attached hydrogen (secondary N) is 2. The van der Waals surface area contributed by atoms with Crippen molar-refractivity contribution in [3.63, 3.8) is 0 Å². The first-order chi connectivity index (χ1) is 8.92. The molecule has 0 saturated carbocycles. The Bertz CT molecular complexity index is 438. The van der Waals surface area contributed by atoms with E-state index >= 15 is 0 Å². The summed E-state index contributed by atoms with van der Waals surface area (Å²) in [5.41, 5.74) is 2.81. The number of hydrogen-bond acceptors (Lipinski definition) is 5. The second-order valence-electron chi connectivity index (χ2n) is 4.67. The van der Waals surface area contributed by atoms with Crippen LogP contribution in [0.2, 0.25) is 5.15 Å². The van der Waals surface area contributed by atoms with Crippen LogP contribution in [0, 0.1) is 0 Å². The third-order valence-corrected chi connectivity index (χ3v) is 2.78. The molecule has 106 valence electrons. The molecule has 1 heterocycles. The third kappa shape index (κ3) is 5.42. The Morgan fingerprint density at radius 1 is 1.53 bits per heavy atom. The second kappa shape index (κ2) is 7.28. The minimum atomic E-state index is -0.188. The van der Waals surface area contributed by atoms with E-state index < -0.39 is 0 Å². The van der Waals surface area contributed by atoms with E-state index in [1.807, 2.05) is 21.0 Å². The van der Waals surface area contributed by atoms with Crippen LogP contribution in [-0.2, 0) is 0 Å². The number of rotatable bonds is 6. The monoisotopic (exact) mass is 285 g/mol. The average molecular weight is 286 g/mol. The molecule has 0 aromatic carbocycles. The van der Waals surface area contributed by atoms with Gasteiger partial charge in [-0.1, -0.05) is 11.6 Å². The molecule has 7 heteroatoms. The van der Waals surface area contributed by atoms with Crippen molar-refractivity contribution in [2.75, 3.05) is 26.1 Å². The van der Waals surface area contributed by atoms with Crippen molar-refractivity contribution in [2.24, 2.45) is 5.84 Å². The van der Waals surface area contributed by atoms with Gasteiger partial charge in [0.2, 0.25) is 0 Å². The standard InChI is InChI=1S/C12H20ClN5O/c1-8(4-5-18(2)3)15-12(19)9-6-10(13)16-11(7-9)17-14/h6-8H,4-5,14H2,1-3H3,(H,15,19)(H,16,17). The fourth-order valence-corrected chi connectivity index (χ4v) is 1.74. The molecule has 6 nitrogen and oxygen atoms in total. The SMILES string of the molecule is CC(CCN(C)C)NC(=O)c1cc(Cl)nc(NN)c1. The summed E-state index contributed by atoms with van der Waals surface area (Å²) in [4.78, 5) is 18.0. The minimum absolute atomic E-state index is 0.0797. The number of halogens is 1. The zero-order valence-corrected chi connectivity index (χ0v) is 12.2. The van der Waals surface area contributed by atoms with Gasteiger partial charge in [0, 0.05) is 11.6 Å². The minimum Gasteiger partial charge on any atom is -0.350 e. The molecule has 1 rings (SSSR count). The van der Waals surface area contributed by atoms with E-state index in [-0.39, 0.29) is 17.1 Å². The molecule has 1 amide bonds. The number of nitrogens with two attached hydrogens (primary N) is 1. The number of aromatic nitrogens is 1. The maximum absolute atomic E-state index is 12.0. The van der Waals surface area contributed by atoms with Crippen molar-refractivity contribution in [3.8, 4) is 0 Å². The van der Waals surface area contributed by atoms with Crippen LogP contribution in [0.5, 0.6) is 0 Å². The van der Waals surface area contributed by atoms with Crippen molar-refractivity contribution in [1.82, 2.24) is 15.2 Å². The number of anilines is 1. The van der Waals surface area contributed by atoms with E-state index in [0.717, 1.165) is 13.0 Å². The summed E-state index contributed by atoms with van der Waals surface area (Å²) in [7, 11) is 3.99. The smallest absolute Gasteiger partial charge is 0.251 e. The van der Waals surface area contributed by atoms with E-state index in [9.17, 15) is 4.79 Å².